The second-order valence-electron chi connectivity index (χ2n) is 7.77. The molecular weight excluding hydrogens is 472 g/mol. The zero-order valence-electron chi connectivity index (χ0n) is 19.8. The monoisotopic (exact) mass is 500 g/mol. The number of thiazole rings is 1. The molecule has 0 atom stereocenters. The zero-order valence-corrected chi connectivity index (χ0v) is 20.6. The fourth-order valence-corrected chi connectivity index (χ4v) is 5.02. The Morgan fingerprint density at radius 1 is 1.17 bits per heavy atom. The molecule has 1 aliphatic rings. The maximum absolute atomic E-state index is 13.1. The van der Waals surface area contributed by atoms with Crippen molar-refractivity contribution < 1.29 is 23.9 Å². The molecule has 0 bridgehead atoms. The first-order valence-electron chi connectivity index (χ1n) is 11.6. The third-order valence-corrected chi connectivity index (χ3v) is 6.64. The minimum absolute atomic E-state index is 0.116. The molecule has 3 aromatic rings. The molecule has 4 rings (SSSR count). The summed E-state index contributed by atoms with van der Waals surface area (Å²) in [6, 6.07) is 10.3. The van der Waals surface area contributed by atoms with Gasteiger partial charge in [0.1, 0.15) is 11.4 Å². The lowest BCUT2D eigenvalue weighted by molar-refractivity contribution is -0.384. The Kier molecular flexibility index (Phi) is 8.11. The lowest BCUT2D eigenvalue weighted by atomic mass is 10.1. The number of aromatic nitrogens is 1. The van der Waals surface area contributed by atoms with E-state index in [2.05, 4.69) is 4.99 Å². The Balaban J connectivity index is 1.72. The van der Waals surface area contributed by atoms with E-state index in [4.69, 9.17) is 14.2 Å². The first-order chi connectivity index (χ1) is 17.0. The molecule has 35 heavy (non-hydrogen) atoms. The third-order valence-electron chi connectivity index (χ3n) is 5.60. The average molecular weight is 501 g/mol. The fraction of sp³-hybridized carbons (Fsp3) is 0.417. The van der Waals surface area contributed by atoms with Gasteiger partial charge in [0.25, 0.3) is 11.6 Å². The molecule has 1 saturated heterocycles. The summed E-state index contributed by atoms with van der Waals surface area (Å²) in [5.41, 5.74) is 1.44. The van der Waals surface area contributed by atoms with Gasteiger partial charge in [-0.3, -0.25) is 14.9 Å². The standard InChI is InChI=1S/C24H28N4O6S/c1-3-32-14-11-27-20-8-6-18(34-4-2)16-22(20)35-24(27)25-23(29)17-5-7-19(21(15-17)28(30)31)26-9-12-33-13-10-26/h5-8,15-16H,3-4,9-14H2,1-2H3. The average Bonchev–Trinajstić information content (AvgIpc) is 3.20. The number of amides is 1. The van der Waals surface area contributed by atoms with Gasteiger partial charge in [-0.15, -0.1) is 0 Å². The van der Waals surface area contributed by atoms with Crippen LogP contribution in [0.5, 0.6) is 5.75 Å². The van der Waals surface area contributed by atoms with E-state index in [9.17, 15) is 14.9 Å². The van der Waals surface area contributed by atoms with Crippen molar-refractivity contribution in [2.45, 2.75) is 20.4 Å². The maximum Gasteiger partial charge on any atom is 0.293 e. The van der Waals surface area contributed by atoms with Gasteiger partial charge >= 0.3 is 0 Å². The largest absolute Gasteiger partial charge is 0.494 e. The molecule has 0 spiro atoms. The van der Waals surface area contributed by atoms with E-state index < -0.39 is 10.8 Å². The number of nitro groups is 1. The van der Waals surface area contributed by atoms with Gasteiger partial charge in [-0.2, -0.15) is 4.99 Å². The highest BCUT2D eigenvalue weighted by atomic mass is 32.1. The van der Waals surface area contributed by atoms with Crippen molar-refractivity contribution in [2.24, 2.45) is 4.99 Å². The molecule has 1 aliphatic heterocycles. The van der Waals surface area contributed by atoms with E-state index in [1.54, 1.807) is 12.1 Å². The number of carbonyl (C=O) groups is 1. The summed E-state index contributed by atoms with van der Waals surface area (Å²) in [5.74, 6) is 0.203. The molecular formula is C24H28N4O6S. The summed E-state index contributed by atoms with van der Waals surface area (Å²) in [4.78, 5) is 31.2. The summed E-state index contributed by atoms with van der Waals surface area (Å²) in [7, 11) is 0. The molecule has 2 heterocycles. The van der Waals surface area contributed by atoms with Crippen molar-refractivity contribution in [2.75, 3.05) is 51.0 Å². The molecule has 1 aromatic heterocycles. The first kappa shape index (κ1) is 24.8. The maximum atomic E-state index is 13.1. The predicted molar refractivity (Wildman–Crippen MR) is 133 cm³/mol. The van der Waals surface area contributed by atoms with Gasteiger partial charge < -0.3 is 23.7 Å². The van der Waals surface area contributed by atoms with Crippen molar-refractivity contribution in [1.29, 1.82) is 0 Å². The van der Waals surface area contributed by atoms with E-state index >= 15 is 0 Å². The summed E-state index contributed by atoms with van der Waals surface area (Å²) in [6.45, 7) is 8.10. The van der Waals surface area contributed by atoms with Crippen molar-refractivity contribution >= 4 is 38.8 Å². The van der Waals surface area contributed by atoms with Crippen LogP contribution in [0.2, 0.25) is 0 Å². The van der Waals surface area contributed by atoms with E-state index in [1.165, 1.54) is 17.4 Å². The van der Waals surface area contributed by atoms with Gasteiger partial charge in [0, 0.05) is 37.9 Å². The first-order valence-corrected chi connectivity index (χ1v) is 12.4. The topological polar surface area (TPSA) is 108 Å². The summed E-state index contributed by atoms with van der Waals surface area (Å²) in [5, 5.41) is 11.8. The van der Waals surface area contributed by atoms with Crippen molar-refractivity contribution in [3.63, 3.8) is 0 Å². The van der Waals surface area contributed by atoms with Crippen LogP contribution in [-0.2, 0) is 16.0 Å². The molecule has 1 amide bonds. The Labute approximate surface area is 206 Å². The lowest BCUT2D eigenvalue weighted by Crippen LogP contribution is -2.36. The molecule has 0 saturated carbocycles. The number of hydrogen-bond donors (Lipinski definition) is 0. The van der Waals surface area contributed by atoms with Crippen molar-refractivity contribution in [1.82, 2.24) is 4.57 Å². The number of fused-ring (bicyclic) bond motifs is 1. The van der Waals surface area contributed by atoms with Crippen LogP contribution >= 0.6 is 11.3 Å². The number of nitro benzene ring substituents is 1. The Morgan fingerprint density at radius 3 is 2.69 bits per heavy atom. The molecule has 186 valence electrons. The zero-order chi connectivity index (χ0) is 24.8. The number of hydrogen-bond acceptors (Lipinski definition) is 8. The number of nitrogens with zero attached hydrogens (tertiary/aromatic N) is 4. The molecule has 2 aromatic carbocycles. The molecule has 1 fully saturated rings. The second kappa shape index (κ2) is 11.4. The van der Waals surface area contributed by atoms with E-state index in [0.29, 0.717) is 63.2 Å². The number of ether oxygens (including phenoxy) is 3. The number of benzene rings is 2. The van der Waals surface area contributed by atoms with Gasteiger partial charge in [0.15, 0.2) is 4.80 Å². The Bertz CT molecular complexity index is 1280. The lowest BCUT2D eigenvalue weighted by Gasteiger charge is -2.28. The van der Waals surface area contributed by atoms with Crippen LogP contribution in [0.25, 0.3) is 10.2 Å². The molecule has 0 aliphatic carbocycles. The minimum Gasteiger partial charge on any atom is -0.494 e. The van der Waals surface area contributed by atoms with Crippen LogP contribution in [0, 0.1) is 10.1 Å². The summed E-state index contributed by atoms with van der Waals surface area (Å²) in [6.07, 6.45) is 0. The van der Waals surface area contributed by atoms with Crippen LogP contribution in [0.3, 0.4) is 0 Å². The van der Waals surface area contributed by atoms with E-state index in [0.717, 1.165) is 16.0 Å². The number of morpholine rings is 1. The van der Waals surface area contributed by atoms with Crippen molar-refractivity contribution in [3.05, 3.63) is 56.9 Å². The normalized spacial score (nSPS) is 14.5. The number of rotatable bonds is 9. The molecule has 0 N–H and O–H groups in total. The molecule has 0 unspecified atom stereocenters. The van der Waals surface area contributed by atoms with Gasteiger partial charge in [0.05, 0.1) is 41.6 Å². The van der Waals surface area contributed by atoms with Crippen LogP contribution < -0.4 is 14.4 Å². The fourth-order valence-electron chi connectivity index (χ4n) is 3.94. The highest BCUT2D eigenvalue weighted by molar-refractivity contribution is 7.16. The van der Waals surface area contributed by atoms with E-state index in [-0.39, 0.29) is 11.3 Å². The SMILES string of the molecule is CCOCCn1c(=NC(=O)c2ccc(N3CCOCC3)c([N+](=O)[O-])c2)sc2cc(OCC)ccc21. The molecule has 11 heteroatoms. The van der Waals surface area contributed by atoms with Gasteiger partial charge in [0.2, 0.25) is 0 Å². The summed E-state index contributed by atoms with van der Waals surface area (Å²) < 4.78 is 19.3. The van der Waals surface area contributed by atoms with E-state index in [1.807, 2.05) is 41.5 Å². The van der Waals surface area contributed by atoms with Crippen LogP contribution in [0.1, 0.15) is 24.2 Å². The van der Waals surface area contributed by atoms with Gasteiger partial charge in [-0.1, -0.05) is 11.3 Å². The third kappa shape index (κ3) is 5.69. The Hall–Kier alpha value is -3.28. The number of anilines is 1. The van der Waals surface area contributed by atoms with Crippen molar-refractivity contribution in [3.8, 4) is 5.75 Å². The van der Waals surface area contributed by atoms with Gasteiger partial charge in [-0.05, 0) is 44.2 Å². The highest BCUT2D eigenvalue weighted by Gasteiger charge is 2.23. The smallest absolute Gasteiger partial charge is 0.293 e. The van der Waals surface area contributed by atoms with Crippen LogP contribution in [0.15, 0.2) is 41.4 Å². The molecule has 10 nitrogen and oxygen atoms in total. The highest BCUT2D eigenvalue weighted by Crippen LogP contribution is 2.30. The number of carbonyl (C=O) groups excluding carboxylic acids is 1. The van der Waals surface area contributed by atoms with Crippen LogP contribution in [0.4, 0.5) is 11.4 Å². The van der Waals surface area contributed by atoms with Crippen LogP contribution in [-0.4, -0.2) is 61.5 Å². The summed E-state index contributed by atoms with van der Waals surface area (Å²) >= 11 is 1.37. The van der Waals surface area contributed by atoms with Gasteiger partial charge in [-0.25, -0.2) is 0 Å². The second-order valence-corrected chi connectivity index (χ2v) is 8.78. The minimum atomic E-state index is -0.539. The Morgan fingerprint density at radius 2 is 1.97 bits per heavy atom. The quantitative estimate of drug-likeness (QED) is 0.251. The predicted octanol–water partition coefficient (Wildman–Crippen LogP) is 3.62. The molecule has 0 radical (unpaired) electrons.